The van der Waals surface area contributed by atoms with Crippen LogP contribution in [0.5, 0.6) is 0 Å². The van der Waals surface area contributed by atoms with Gasteiger partial charge in [-0.1, -0.05) is 20.8 Å². The Kier molecular flexibility index (Phi) is 3.78. The van der Waals surface area contributed by atoms with Crippen LogP contribution in [0.3, 0.4) is 0 Å². The second-order valence-corrected chi connectivity index (χ2v) is 7.11. The molecule has 2 N–H and O–H groups in total. The average molecular weight is 350 g/mol. The first-order chi connectivity index (χ1) is 9.95. The predicted molar refractivity (Wildman–Crippen MR) is 86.9 cm³/mol. The van der Waals surface area contributed by atoms with Crippen molar-refractivity contribution in [2.45, 2.75) is 39.5 Å². The Bertz CT molecular complexity index is 666. The van der Waals surface area contributed by atoms with Gasteiger partial charge >= 0.3 is 0 Å². The molecule has 0 radical (unpaired) electrons. The monoisotopic (exact) mass is 349 g/mol. The van der Waals surface area contributed by atoms with Gasteiger partial charge in [-0.3, -0.25) is 0 Å². The largest absolute Gasteiger partial charge is 0.457 e. The first-order valence-electron chi connectivity index (χ1n) is 7.37. The van der Waals surface area contributed by atoms with Crippen LogP contribution in [0.4, 0.5) is 5.82 Å². The molecule has 3 rings (SSSR count). The maximum atomic E-state index is 6.00. The highest BCUT2D eigenvalue weighted by Gasteiger charge is 2.36. The summed E-state index contributed by atoms with van der Waals surface area (Å²) in [7, 11) is 0. The normalized spacial score (nSPS) is 21.0. The van der Waals surface area contributed by atoms with E-state index in [9.17, 15) is 0 Å². The zero-order chi connectivity index (χ0) is 15.1. The van der Waals surface area contributed by atoms with E-state index in [1.807, 2.05) is 12.1 Å². The molecule has 0 amide bonds. The number of halogens is 1. The van der Waals surface area contributed by atoms with Gasteiger partial charge in [-0.05, 0) is 52.7 Å². The molecule has 0 aromatic carbocycles. The van der Waals surface area contributed by atoms with Crippen LogP contribution >= 0.6 is 15.9 Å². The van der Waals surface area contributed by atoms with Crippen molar-refractivity contribution in [1.29, 1.82) is 0 Å². The first-order valence-corrected chi connectivity index (χ1v) is 8.17. The fraction of sp³-hybridized carbons (Fsp3) is 0.500. The van der Waals surface area contributed by atoms with Crippen LogP contribution < -0.4 is 5.73 Å². The Hall–Kier alpha value is -1.36. The third-order valence-corrected chi connectivity index (χ3v) is 4.73. The van der Waals surface area contributed by atoms with E-state index in [0.29, 0.717) is 29.2 Å². The third-order valence-electron chi connectivity index (χ3n) is 3.87. The highest BCUT2D eigenvalue weighted by atomic mass is 79.9. The molecule has 112 valence electrons. The van der Waals surface area contributed by atoms with Crippen molar-refractivity contribution in [3.05, 3.63) is 28.1 Å². The molecule has 0 saturated heterocycles. The molecule has 0 aliphatic heterocycles. The van der Waals surface area contributed by atoms with E-state index in [0.717, 1.165) is 28.3 Å². The number of nitrogen functional groups attached to an aromatic ring is 1. The molecule has 1 aliphatic rings. The van der Waals surface area contributed by atoms with Gasteiger partial charge in [0.2, 0.25) is 0 Å². The summed E-state index contributed by atoms with van der Waals surface area (Å²) in [6.45, 7) is 6.55. The average Bonchev–Trinajstić information content (AvgIpc) is 2.96. The van der Waals surface area contributed by atoms with Gasteiger partial charge in [-0.15, -0.1) is 0 Å². The molecule has 0 bridgehead atoms. The fourth-order valence-electron chi connectivity index (χ4n) is 2.54. The summed E-state index contributed by atoms with van der Waals surface area (Å²) >= 11 is 3.48. The Morgan fingerprint density at radius 1 is 1.38 bits per heavy atom. The van der Waals surface area contributed by atoms with Crippen LogP contribution in [-0.4, -0.2) is 9.97 Å². The van der Waals surface area contributed by atoms with Crippen molar-refractivity contribution in [1.82, 2.24) is 9.97 Å². The van der Waals surface area contributed by atoms with Gasteiger partial charge in [0.05, 0.1) is 10.2 Å². The minimum atomic E-state index is 0.466. The SMILES string of the molecule is CC(C)Cc1nc(-c2ccc(C3CC3C)o2)nc(N)c1Br. The molecule has 0 spiro atoms. The van der Waals surface area contributed by atoms with Crippen molar-refractivity contribution in [2.75, 3.05) is 5.73 Å². The molecule has 4 nitrogen and oxygen atoms in total. The lowest BCUT2D eigenvalue weighted by Gasteiger charge is -2.09. The van der Waals surface area contributed by atoms with Gasteiger partial charge < -0.3 is 10.2 Å². The number of rotatable bonds is 4. The van der Waals surface area contributed by atoms with Gasteiger partial charge in [0.15, 0.2) is 11.6 Å². The molecule has 5 heteroatoms. The summed E-state index contributed by atoms with van der Waals surface area (Å²) < 4.78 is 6.72. The van der Waals surface area contributed by atoms with Crippen LogP contribution in [-0.2, 0) is 6.42 Å². The Morgan fingerprint density at radius 3 is 2.71 bits per heavy atom. The number of nitrogens with zero attached hydrogens (tertiary/aromatic N) is 2. The van der Waals surface area contributed by atoms with Crippen LogP contribution in [0.1, 0.15) is 44.6 Å². The smallest absolute Gasteiger partial charge is 0.197 e. The third kappa shape index (κ3) is 2.98. The summed E-state index contributed by atoms with van der Waals surface area (Å²) in [6.07, 6.45) is 2.06. The second kappa shape index (κ2) is 5.44. The van der Waals surface area contributed by atoms with Gasteiger partial charge in [0.25, 0.3) is 0 Å². The highest BCUT2D eigenvalue weighted by Crippen LogP contribution is 2.47. The number of hydrogen-bond acceptors (Lipinski definition) is 4. The summed E-state index contributed by atoms with van der Waals surface area (Å²) in [5.41, 5.74) is 6.93. The van der Waals surface area contributed by atoms with Gasteiger partial charge in [0, 0.05) is 5.92 Å². The molecular formula is C16H20BrN3O. The lowest BCUT2D eigenvalue weighted by molar-refractivity contribution is 0.514. The van der Waals surface area contributed by atoms with Crippen molar-refractivity contribution in [3.63, 3.8) is 0 Å². The second-order valence-electron chi connectivity index (χ2n) is 6.31. The first kappa shape index (κ1) is 14.6. The predicted octanol–water partition coefficient (Wildman–Crippen LogP) is 4.40. The van der Waals surface area contributed by atoms with E-state index in [1.165, 1.54) is 6.42 Å². The molecule has 2 aromatic heterocycles. The summed E-state index contributed by atoms with van der Waals surface area (Å²) in [6, 6.07) is 3.98. The lowest BCUT2D eigenvalue weighted by atomic mass is 10.1. The Morgan fingerprint density at radius 2 is 2.10 bits per heavy atom. The van der Waals surface area contributed by atoms with Crippen LogP contribution in [0.15, 0.2) is 21.0 Å². The van der Waals surface area contributed by atoms with Crippen LogP contribution in [0.2, 0.25) is 0 Å². The molecule has 21 heavy (non-hydrogen) atoms. The van der Waals surface area contributed by atoms with E-state index >= 15 is 0 Å². The lowest BCUT2D eigenvalue weighted by Crippen LogP contribution is -2.05. The molecule has 2 unspecified atom stereocenters. The van der Waals surface area contributed by atoms with Gasteiger partial charge in [0.1, 0.15) is 11.6 Å². The fourth-order valence-corrected chi connectivity index (χ4v) is 2.88. The van der Waals surface area contributed by atoms with Crippen LogP contribution in [0.25, 0.3) is 11.6 Å². The van der Waals surface area contributed by atoms with Crippen molar-refractivity contribution >= 4 is 21.7 Å². The maximum Gasteiger partial charge on any atom is 0.197 e. The number of nitrogens with two attached hydrogens (primary N) is 1. The molecule has 2 aromatic rings. The molecule has 2 heterocycles. The molecule has 2 atom stereocenters. The summed E-state index contributed by atoms with van der Waals surface area (Å²) in [5, 5.41) is 0. The number of aromatic nitrogens is 2. The van der Waals surface area contributed by atoms with E-state index in [-0.39, 0.29) is 0 Å². The summed E-state index contributed by atoms with van der Waals surface area (Å²) in [4.78, 5) is 8.97. The zero-order valence-electron chi connectivity index (χ0n) is 12.6. The number of anilines is 1. The topological polar surface area (TPSA) is 64.9 Å². The minimum absolute atomic E-state index is 0.466. The molecule has 1 aliphatic carbocycles. The standard InChI is InChI=1S/C16H20BrN3O/c1-8(2)6-11-14(17)15(18)20-16(19-11)13-5-4-12(21-13)10-7-9(10)3/h4-5,8-10H,6-7H2,1-3H3,(H2,18,19,20). The number of furan rings is 1. The van der Waals surface area contributed by atoms with E-state index in [2.05, 4.69) is 46.7 Å². The van der Waals surface area contributed by atoms with E-state index in [4.69, 9.17) is 10.2 Å². The quantitative estimate of drug-likeness (QED) is 0.887. The molecule has 1 fully saturated rings. The van der Waals surface area contributed by atoms with E-state index in [1.54, 1.807) is 0 Å². The van der Waals surface area contributed by atoms with Crippen molar-refractivity contribution in [3.8, 4) is 11.6 Å². The Balaban J connectivity index is 1.94. The summed E-state index contributed by atoms with van der Waals surface area (Å²) in [5.74, 6) is 4.56. The van der Waals surface area contributed by atoms with Crippen molar-refractivity contribution < 1.29 is 4.42 Å². The highest BCUT2D eigenvalue weighted by molar-refractivity contribution is 9.10. The zero-order valence-corrected chi connectivity index (χ0v) is 14.1. The minimum Gasteiger partial charge on any atom is -0.457 e. The van der Waals surface area contributed by atoms with Crippen LogP contribution in [0, 0.1) is 11.8 Å². The van der Waals surface area contributed by atoms with Gasteiger partial charge in [-0.2, -0.15) is 0 Å². The van der Waals surface area contributed by atoms with E-state index < -0.39 is 0 Å². The maximum absolute atomic E-state index is 6.00. The van der Waals surface area contributed by atoms with Gasteiger partial charge in [-0.25, -0.2) is 9.97 Å². The molecular weight excluding hydrogens is 330 g/mol. The Labute approximate surface area is 133 Å². The van der Waals surface area contributed by atoms with Crippen molar-refractivity contribution in [2.24, 2.45) is 11.8 Å². The molecule has 1 saturated carbocycles. The number of hydrogen-bond donors (Lipinski definition) is 1.